The Labute approximate surface area is 128 Å². The molecule has 0 amide bonds. The highest BCUT2D eigenvalue weighted by molar-refractivity contribution is 7.89. The van der Waals surface area contributed by atoms with Crippen molar-refractivity contribution >= 4 is 10.0 Å². The lowest BCUT2D eigenvalue weighted by Gasteiger charge is -2.23. The Bertz CT molecular complexity index is 546. The molecule has 2 rings (SSSR count). The molecule has 1 aliphatic rings. The molecule has 0 aliphatic heterocycles. The van der Waals surface area contributed by atoms with Crippen molar-refractivity contribution in [2.75, 3.05) is 7.05 Å². The lowest BCUT2D eigenvalue weighted by atomic mass is 10.2. The van der Waals surface area contributed by atoms with E-state index in [4.69, 9.17) is 0 Å². The number of rotatable bonds is 6. The molecule has 0 heterocycles. The molecule has 21 heavy (non-hydrogen) atoms. The predicted octanol–water partition coefficient (Wildman–Crippen LogP) is 2.75. The Morgan fingerprint density at radius 3 is 2.29 bits per heavy atom. The van der Waals surface area contributed by atoms with Crippen molar-refractivity contribution in [2.24, 2.45) is 0 Å². The zero-order valence-corrected chi connectivity index (χ0v) is 14.0. The molecule has 0 bridgehead atoms. The van der Waals surface area contributed by atoms with Gasteiger partial charge >= 0.3 is 0 Å². The maximum atomic E-state index is 12.6. The van der Waals surface area contributed by atoms with Gasteiger partial charge in [0, 0.05) is 25.7 Å². The van der Waals surface area contributed by atoms with Crippen LogP contribution in [0.4, 0.5) is 0 Å². The monoisotopic (exact) mass is 310 g/mol. The third-order valence-corrected chi connectivity index (χ3v) is 6.08. The zero-order chi connectivity index (χ0) is 15.5. The Morgan fingerprint density at radius 2 is 1.76 bits per heavy atom. The third kappa shape index (κ3) is 4.05. The summed E-state index contributed by atoms with van der Waals surface area (Å²) in [5.41, 5.74) is 1.10. The second-order valence-electron chi connectivity index (χ2n) is 6.14. The van der Waals surface area contributed by atoms with E-state index in [2.05, 4.69) is 19.2 Å². The van der Waals surface area contributed by atoms with E-state index < -0.39 is 10.0 Å². The van der Waals surface area contributed by atoms with Crippen LogP contribution in [-0.2, 0) is 16.6 Å². The minimum absolute atomic E-state index is 0.164. The summed E-state index contributed by atoms with van der Waals surface area (Å²) in [7, 11) is -1.65. The number of hydrogen-bond donors (Lipinski definition) is 1. The smallest absolute Gasteiger partial charge is 0.243 e. The molecule has 1 N–H and O–H groups in total. The molecule has 0 atom stereocenters. The van der Waals surface area contributed by atoms with Crippen LogP contribution in [0.15, 0.2) is 29.2 Å². The van der Waals surface area contributed by atoms with Crippen LogP contribution >= 0.6 is 0 Å². The van der Waals surface area contributed by atoms with E-state index in [1.54, 1.807) is 23.5 Å². The largest absolute Gasteiger partial charge is 0.310 e. The summed E-state index contributed by atoms with van der Waals surface area (Å²) >= 11 is 0. The topological polar surface area (TPSA) is 49.4 Å². The Balaban J connectivity index is 2.09. The van der Waals surface area contributed by atoms with Gasteiger partial charge in [-0.25, -0.2) is 8.42 Å². The second kappa shape index (κ2) is 6.90. The highest BCUT2D eigenvalue weighted by Crippen LogP contribution is 2.27. The van der Waals surface area contributed by atoms with Gasteiger partial charge in [-0.15, -0.1) is 0 Å². The summed E-state index contributed by atoms with van der Waals surface area (Å²) in [6.45, 7) is 4.95. The number of nitrogens with one attached hydrogen (secondary N) is 1. The van der Waals surface area contributed by atoms with Gasteiger partial charge in [-0.3, -0.25) is 0 Å². The fourth-order valence-corrected chi connectivity index (χ4v) is 4.15. The molecular formula is C16H26N2O2S. The molecule has 0 radical (unpaired) electrons. The standard InChI is InChI=1S/C16H26N2O2S/c1-13(2)17-12-14-8-10-16(11-9-14)21(19,20)18(3)15-6-4-5-7-15/h8-11,13,15,17H,4-7,12H2,1-3H3. The summed E-state index contributed by atoms with van der Waals surface area (Å²) in [6.07, 6.45) is 4.22. The van der Waals surface area contributed by atoms with Crippen molar-refractivity contribution in [1.29, 1.82) is 0 Å². The molecule has 0 unspecified atom stereocenters. The van der Waals surface area contributed by atoms with Crippen molar-refractivity contribution in [1.82, 2.24) is 9.62 Å². The maximum Gasteiger partial charge on any atom is 0.243 e. The molecular weight excluding hydrogens is 284 g/mol. The Kier molecular flexibility index (Phi) is 5.41. The van der Waals surface area contributed by atoms with E-state index in [1.807, 2.05) is 12.1 Å². The molecule has 4 nitrogen and oxygen atoms in total. The van der Waals surface area contributed by atoms with Gasteiger partial charge < -0.3 is 5.32 Å². The normalized spacial score (nSPS) is 17.0. The first-order valence-corrected chi connectivity index (χ1v) is 9.15. The Morgan fingerprint density at radius 1 is 1.19 bits per heavy atom. The number of hydrogen-bond acceptors (Lipinski definition) is 3. The van der Waals surface area contributed by atoms with Crippen molar-refractivity contribution in [2.45, 2.75) is 63.1 Å². The van der Waals surface area contributed by atoms with Gasteiger partial charge in [0.15, 0.2) is 0 Å². The molecule has 5 heteroatoms. The highest BCUT2D eigenvalue weighted by atomic mass is 32.2. The maximum absolute atomic E-state index is 12.6. The Hall–Kier alpha value is -0.910. The van der Waals surface area contributed by atoms with Gasteiger partial charge in [0.05, 0.1) is 4.90 Å². The summed E-state index contributed by atoms with van der Waals surface area (Å²) in [5, 5.41) is 3.33. The first-order valence-electron chi connectivity index (χ1n) is 7.71. The van der Waals surface area contributed by atoms with E-state index in [9.17, 15) is 8.42 Å². The lowest BCUT2D eigenvalue weighted by molar-refractivity contribution is 0.373. The van der Waals surface area contributed by atoms with Crippen LogP contribution in [0.2, 0.25) is 0 Å². The molecule has 118 valence electrons. The number of benzene rings is 1. The molecule has 1 fully saturated rings. The van der Waals surface area contributed by atoms with Crippen LogP contribution < -0.4 is 5.32 Å². The molecule has 0 aromatic heterocycles. The van der Waals surface area contributed by atoms with Crippen molar-refractivity contribution < 1.29 is 8.42 Å². The fourth-order valence-electron chi connectivity index (χ4n) is 2.73. The van der Waals surface area contributed by atoms with E-state index in [-0.39, 0.29) is 6.04 Å². The third-order valence-electron chi connectivity index (χ3n) is 4.15. The summed E-state index contributed by atoms with van der Waals surface area (Å²) in [5.74, 6) is 0. The van der Waals surface area contributed by atoms with Crippen LogP contribution in [0, 0.1) is 0 Å². The number of nitrogens with zero attached hydrogens (tertiary/aromatic N) is 1. The van der Waals surface area contributed by atoms with Gasteiger partial charge in [0.25, 0.3) is 0 Å². The van der Waals surface area contributed by atoms with Crippen molar-refractivity contribution in [3.63, 3.8) is 0 Å². The molecule has 1 aromatic carbocycles. The summed E-state index contributed by atoms with van der Waals surface area (Å²) < 4.78 is 26.8. The SMILES string of the molecule is CC(C)NCc1ccc(S(=O)(=O)N(C)C2CCCC2)cc1. The van der Waals surface area contributed by atoms with Crippen LogP contribution in [0.3, 0.4) is 0 Å². The first-order chi connectivity index (χ1) is 9.91. The molecule has 1 aromatic rings. The summed E-state index contributed by atoms with van der Waals surface area (Å²) in [6, 6.07) is 7.81. The van der Waals surface area contributed by atoms with Crippen LogP contribution in [-0.4, -0.2) is 31.9 Å². The molecule has 0 spiro atoms. The van der Waals surface area contributed by atoms with Crippen LogP contribution in [0.1, 0.15) is 45.1 Å². The zero-order valence-electron chi connectivity index (χ0n) is 13.2. The molecule has 0 saturated heterocycles. The fraction of sp³-hybridized carbons (Fsp3) is 0.625. The first kappa shape index (κ1) is 16.5. The van der Waals surface area contributed by atoms with Gasteiger partial charge in [-0.2, -0.15) is 4.31 Å². The average molecular weight is 310 g/mol. The quantitative estimate of drug-likeness (QED) is 0.879. The van der Waals surface area contributed by atoms with Gasteiger partial charge in [-0.1, -0.05) is 38.8 Å². The van der Waals surface area contributed by atoms with E-state index in [0.717, 1.165) is 37.8 Å². The lowest BCUT2D eigenvalue weighted by Crippen LogP contribution is -2.35. The van der Waals surface area contributed by atoms with Crippen molar-refractivity contribution in [3.8, 4) is 0 Å². The minimum atomic E-state index is -3.36. The predicted molar refractivity (Wildman–Crippen MR) is 85.6 cm³/mol. The van der Waals surface area contributed by atoms with Gasteiger partial charge in [0.1, 0.15) is 0 Å². The van der Waals surface area contributed by atoms with E-state index in [1.165, 1.54) is 0 Å². The van der Waals surface area contributed by atoms with Crippen molar-refractivity contribution in [3.05, 3.63) is 29.8 Å². The average Bonchev–Trinajstić information content (AvgIpc) is 2.98. The van der Waals surface area contributed by atoms with Crippen LogP contribution in [0.25, 0.3) is 0 Å². The summed E-state index contributed by atoms with van der Waals surface area (Å²) in [4.78, 5) is 0.394. The van der Waals surface area contributed by atoms with E-state index >= 15 is 0 Å². The van der Waals surface area contributed by atoms with Gasteiger partial charge in [-0.05, 0) is 30.5 Å². The van der Waals surface area contributed by atoms with E-state index in [0.29, 0.717) is 10.9 Å². The molecule has 1 aliphatic carbocycles. The highest BCUT2D eigenvalue weighted by Gasteiger charge is 2.29. The second-order valence-corrected chi connectivity index (χ2v) is 8.14. The minimum Gasteiger partial charge on any atom is -0.310 e. The van der Waals surface area contributed by atoms with Crippen LogP contribution in [0.5, 0.6) is 0 Å². The molecule has 1 saturated carbocycles. The van der Waals surface area contributed by atoms with Gasteiger partial charge in [0.2, 0.25) is 10.0 Å². The number of sulfonamides is 1.